The summed E-state index contributed by atoms with van der Waals surface area (Å²) in [6, 6.07) is 14.2. The van der Waals surface area contributed by atoms with Crippen LogP contribution in [-0.2, 0) is 11.2 Å². The Morgan fingerprint density at radius 3 is 2.88 bits per heavy atom. The second-order valence-electron chi connectivity index (χ2n) is 9.30. The molecular formula is C28H28N2O3. The highest BCUT2D eigenvalue weighted by Crippen LogP contribution is 2.42. The topological polar surface area (TPSA) is 54.6 Å². The molecule has 1 amide bonds. The smallest absolute Gasteiger partial charge is 0.247 e. The lowest BCUT2D eigenvalue weighted by Crippen LogP contribution is -2.39. The van der Waals surface area contributed by atoms with Gasteiger partial charge in [-0.1, -0.05) is 42.0 Å². The predicted octanol–water partition coefficient (Wildman–Crippen LogP) is 5.67. The number of H-pyrrole nitrogens is 1. The van der Waals surface area contributed by atoms with Crippen LogP contribution in [0.1, 0.15) is 49.0 Å². The molecule has 2 unspecified atom stereocenters. The van der Waals surface area contributed by atoms with Gasteiger partial charge < -0.3 is 19.4 Å². The first kappa shape index (κ1) is 20.2. The summed E-state index contributed by atoms with van der Waals surface area (Å²) in [5.41, 5.74) is 6.00. The van der Waals surface area contributed by atoms with Gasteiger partial charge in [0.05, 0.1) is 6.04 Å². The Bertz CT molecular complexity index is 1290. The quantitative estimate of drug-likeness (QED) is 0.422. The molecule has 0 saturated heterocycles. The number of carbonyl (C=O) groups excluding carboxylic acids is 1. The lowest BCUT2D eigenvalue weighted by molar-refractivity contribution is -0.128. The molecule has 168 valence electrons. The van der Waals surface area contributed by atoms with E-state index in [4.69, 9.17) is 9.47 Å². The van der Waals surface area contributed by atoms with E-state index in [2.05, 4.69) is 48.3 Å². The molecule has 0 radical (unpaired) electrons. The van der Waals surface area contributed by atoms with E-state index in [0.29, 0.717) is 12.5 Å². The van der Waals surface area contributed by atoms with Crippen LogP contribution in [0.5, 0.6) is 11.5 Å². The van der Waals surface area contributed by atoms with Crippen LogP contribution in [0.3, 0.4) is 0 Å². The summed E-state index contributed by atoms with van der Waals surface area (Å²) in [6.45, 7) is 3.11. The van der Waals surface area contributed by atoms with E-state index in [-0.39, 0.29) is 18.7 Å². The van der Waals surface area contributed by atoms with Crippen LogP contribution in [0.25, 0.3) is 10.9 Å². The molecule has 0 fully saturated rings. The van der Waals surface area contributed by atoms with Crippen LogP contribution < -0.4 is 9.47 Å². The van der Waals surface area contributed by atoms with Crippen LogP contribution in [0.15, 0.2) is 66.3 Å². The van der Waals surface area contributed by atoms with Crippen molar-refractivity contribution in [3.8, 4) is 11.5 Å². The Hall–Kier alpha value is -3.47. The number of amides is 1. The van der Waals surface area contributed by atoms with Crippen molar-refractivity contribution in [2.75, 3.05) is 13.3 Å². The monoisotopic (exact) mass is 440 g/mol. The lowest BCUT2D eigenvalue weighted by atomic mass is 9.89. The number of hydrogen-bond acceptors (Lipinski definition) is 3. The van der Waals surface area contributed by atoms with Gasteiger partial charge in [0, 0.05) is 23.1 Å². The van der Waals surface area contributed by atoms with Crippen LogP contribution in [0.2, 0.25) is 0 Å². The van der Waals surface area contributed by atoms with E-state index in [1.165, 1.54) is 16.5 Å². The predicted molar refractivity (Wildman–Crippen MR) is 128 cm³/mol. The molecule has 5 nitrogen and oxygen atoms in total. The van der Waals surface area contributed by atoms with Crippen molar-refractivity contribution >= 4 is 16.8 Å². The Morgan fingerprint density at radius 1 is 1.12 bits per heavy atom. The Kier molecular flexibility index (Phi) is 4.97. The fourth-order valence-corrected chi connectivity index (χ4v) is 5.38. The summed E-state index contributed by atoms with van der Waals surface area (Å²) >= 11 is 0. The Labute approximate surface area is 193 Å². The molecule has 0 bridgehead atoms. The van der Waals surface area contributed by atoms with Gasteiger partial charge in [0.25, 0.3) is 0 Å². The molecular weight excluding hydrogens is 412 g/mol. The summed E-state index contributed by atoms with van der Waals surface area (Å²) in [6.07, 6.45) is 10.3. The molecule has 5 heteroatoms. The van der Waals surface area contributed by atoms with E-state index in [1.807, 2.05) is 23.1 Å². The molecule has 1 N–H and O–H groups in total. The molecule has 0 saturated carbocycles. The molecule has 2 aliphatic heterocycles. The van der Waals surface area contributed by atoms with Crippen LogP contribution in [0, 0.1) is 5.92 Å². The molecule has 6 rings (SSSR count). The van der Waals surface area contributed by atoms with Gasteiger partial charge in [0.1, 0.15) is 0 Å². The number of nitrogens with one attached hydrogen (secondary N) is 1. The Balaban J connectivity index is 1.38. The second-order valence-corrected chi connectivity index (χ2v) is 9.30. The number of allylic oxidation sites excluding steroid dienone is 3. The molecule has 1 aromatic heterocycles. The minimum absolute atomic E-state index is 0.0632. The van der Waals surface area contributed by atoms with Crippen molar-refractivity contribution in [3.63, 3.8) is 0 Å². The standard InChI is InChI=1S/C28H28N2O3/c1-18-6-8-19(9-7-18)10-13-26(31)30-15-14-22-21-4-2-3-5-23(21)29-27(22)28(30)20-11-12-24-25(16-20)33-17-32-24/h2-6,10-13,16,19,28-29H,7-9,14-15,17H2,1H3/b13-10+. The zero-order valence-corrected chi connectivity index (χ0v) is 18.8. The number of para-hydroxylation sites is 1. The van der Waals surface area contributed by atoms with Gasteiger partial charge >= 0.3 is 0 Å². The SMILES string of the molecule is CC1=CCC(/C=C/C(=O)N2CCc3c([nH]c4ccccc34)C2c2ccc3c(c2)OCO3)CC1. The summed E-state index contributed by atoms with van der Waals surface area (Å²) in [5.74, 6) is 2.00. The molecule has 2 atom stereocenters. The maximum Gasteiger partial charge on any atom is 0.247 e. The van der Waals surface area contributed by atoms with Crippen molar-refractivity contribution in [1.82, 2.24) is 9.88 Å². The average molecular weight is 441 g/mol. The number of carbonyl (C=O) groups is 1. The highest BCUT2D eigenvalue weighted by atomic mass is 16.7. The third-order valence-electron chi connectivity index (χ3n) is 7.22. The number of rotatable bonds is 3. The summed E-state index contributed by atoms with van der Waals surface area (Å²) in [5, 5.41) is 1.24. The minimum atomic E-state index is -0.193. The number of fused-ring (bicyclic) bond motifs is 4. The van der Waals surface area contributed by atoms with Gasteiger partial charge in [0.15, 0.2) is 11.5 Å². The molecule has 1 aliphatic carbocycles. The molecule has 0 spiro atoms. The third-order valence-corrected chi connectivity index (χ3v) is 7.22. The first-order chi connectivity index (χ1) is 16.2. The van der Waals surface area contributed by atoms with Crippen molar-refractivity contribution < 1.29 is 14.3 Å². The maximum absolute atomic E-state index is 13.5. The fraction of sp³-hybridized carbons (Fsp3) is 0.321. The molecule has 3 heterocycles. The minimum Gasteiger partial charge on any atom is -0.454 e. The fourth-order valence-electron chi connectivity index (χ4n) is 5.38. The number of aromatic amines is 1. The number of benzene rings is 2. The van der Waals surface area contributed by atoms with Gasteiger partial charge in [-0.15, -0.1) is 0 Å². The summed E-state index contributed by atoms with van der Waals surface area (Å²) < 4.78 is 11.2. The number of ether oxygens (including phenoxy) is 2. The zero-order valence-electron chi connectivity index (χ0n) is 18.8. The first-order valence-corrected chi connectivity index (χ1v) is 11.8. The van der Waals surface area contributed by atoms with Crippen molar-refractivity contribution in [2.45, 2.75) is 38.6 Å². The largest absolute Gasteiger partial charge is 0.454 e. The highest BCUT2D eigenvalue weighted by molar-refractivity contribution is 5.90. The lowest BCUT2D eigenvalue weighted by Gasteiger charge is -2.36. The van der Waals surface area contributed by atoms with E-state index < -0.39 is 0 Å². The van der Waals surface area contributed by atoms with Crippen molar-refractivity contribution in [2.24, 2.45) is 5.92 Å². The van der Waals surface area contributed by atoms with Gasteiger partial charge in [-0.25, -0.2) is 0 Å². The van der Waals surface area contributed by atoms with E-state index in [9.17, 15) is 4.79 Å². The van der Waals surface area contributed by atoms with Crippen molar-refractivity contribution in [3.05, 3.63) is 83.1 Å². The van der Waals surface area contributed by atoms with E-state index >= 15 is 0 Å². The maximum atomic E-state index is 13.5. The third kappa shape index (κ3) is 3.62. The first-order valence-electron chi connectivity index (χ1n) is 11.8. The normalized spacial score (nSPS) is 22.0. The summed E-state index contributed by atoms with van der Waals surface area (Å²) in [7, 11) is 0. The van der Waals surface area contributed by atoms with E-state index in [0.717, 1.165) is 54.0 Å². The number of aromatic nitrogens is 1. The van der Waals surface area contributed by atoms with Gasteiger partial charge in [-0.05, 0) is 73.9 Å². The number of hydrogen-bond donors (Lipinski definition) is 1. The van der Waals surface area contributed by atoms with Crippen LogP contribution in [0.4, 0.5) is 0 Å². The Morgan fingerprint density at radius 2 is 2.00 bits per heavy atom. The highest BCUT2D eigenvalue weighted by Gasteiger charge is 2.34. The molecule has 33 heavy (non-hydrogen) atoms. The van der Waals surface area contributed by atoms with Gasteiger partial charge in [-0.2, -0.15) is 0 Å². The summed E-state index contributed by atoms with van der Waals surface area (Å²) in [4.78, 5) is 19.1. The average Bonchev–Trinajstić information content (AvgIpc) is 3.46. The molecule has 3 aliphatic rings. The van der Waals surface area contributed by atoms with Gasteiger partial charge in [-0.3, -0.25) is 4.79 Å². The number of nitrogens with zero attached hydrogens (tertiary/aromatic N) is 1. The van der Waals surface area contributed by atoms with Crippen LogP contribution in [-0.4, -0.2) is 29.1 Å². The second kappa shape index (κ2) is 8.14. The molecule has 2 aromatic carbocycles. The zero-order chi connectivity index (χ0) is 22.4. The van der Waals surface area contributed by atoms with Gasteiger partial charge in [0.2, 0.25) is 12.7 Å². The van der Waals surface area contributed by atoms with Crippen LogP contribution >= 0.6 is 0 Å². The molecule has 3 aromatic rings. The van der Waals surface area contributed by atoms with Crippen molar-refractivity contribution in [1.29, 1.82) is 0 Å². The van der Waals surface area contributed by atoms with E-state index in [1.54, 1.807) is 6.08 Å².